The van der Waals surface area contributed by atoms with Crippen LogP contribution in [0.4, 0.5) is 0 Å². The summed E-state index contributed by atoms with van der Waals surface area (Å²) >= 11 is 0. The number of aromatic nitrogens is 2. The number of hydrogen-bond acceptors (Lipinski definition) is 3. The van der Waals surface area contributed by atoms with E-state index in [4.69, 9.17) is 4.42 Å². The molecular formula is C14H21N3O. The van der Waals surface area contributed by atoms with Gasteiger partial charge in [-0.2, -0.15) is 5.10 Å². The summed E-state index contributed by atoms with van der Waals surface area (Å²) in [6.45, 7) is 8.10. The van der Waals surface area contributed by atoms with Crippen molar-refractivity contribution in [2.24, 2.45) is 0 Å². The molecule has 0 spiro atoms. The van der Waals surface area contributed by atoms with Gasteiger partial charge in [0.05, 0.1) is 17.7 Å². The van der Waals surface area contributed by atoms with Gasteiger partial charge >= 0.3 is 0 Å². The Balaban J connectivity index is 2.38. The first-order valence-electron chi connectivity index (χ1n) is 6.63. The smallest absolute Gasteiger partial charge is 0.126 e. The number of nitrogens with zero attached hydrogens (tertiary/aromatic N) is 2. The van der Waals surface area contributed by atoms with E-state index in [0.717, 1.165) is 31.0 Å². The zero-order chi connectivity index (χ0) is 13.0. The van der Waals surface area contributed by atoms with Gasteiger partial charge in [0, 0.05) is 6.54 Å². The largest absolute Gasteiger partial charge is 0.467 e. The van der Waals surface area contributed by atoms with E-state index in [1.54, 1.807) is 6.26 Å². The molecule has 0 amide bonds. The second-order valence-corrected chi connectivity index (χ2v) is 4.24. The highest BCUT2D eigenvalue weighted by molar-refractivity contribution is 5.23. The van der Waals surface area contributed by atoms with Crippen molar-refractivity contribution in [2.75, 3.05) is 6.54 Å². The van der Waals surface area contributed by atoms with Crippen LogP contribution < -0.4 is 5.32 Å². The molecule has 0 saturated carbocycles. The van der Waals surface area contributed by atoms with E-state index in [-0.39, 0.29) is 6.04 Å². The molecular weight excluding hydrogens is 226 g/mol. The summed E-state index contributed by atoms with van der Waals surface area (Å²) < 4.78 is 7.59. The second kappa shape index (κ2) is 5.87. The predicted molar refractivity (Wildman–Crippen MR) is 71.5 cm³/mol. The van der Waals surface area contributed by atoms with Crippen molar-refractivity contribution < 1.29 is 4.42 Å². The van der Waals surface area contributed by atoms with Gasteiger partial charge in [0.25, 0.3) is 0 Å². The predicted octanol–water partition coefficient (Wildman–Crippen LogP) is 2.76. The molecule has 0 radical (unpaired) electrons. The monoisotopic (exact) mass is 247 g/mol. The minimum absolute atomic E-state index is 0.0812. The van der Waals surface area contributed by atoms with Crippen molar-refractivity contribution in [1.29, 1.82) is 0 Å². The van der Waals surface area contributed by atoms with E-state index in [9.17, 15) is 0 Å². The Morgan fingerprint density at radius 1 is 1.39 bits per heavy atom. The Hall–Kier alpha value is -1.55. The molecule has 2 aromatic rings. The number of aryl methyl sites for hydroxylation is 2. The van der Waals surface area contributed by atoms with Gasteiger partial charge in [-0.25, -0.2) is 0 Å². The van der Waals surface area contributed by atoms with Crippen molar-refractivity contribution in [2.45, 2.75) is 39.8 Å². The molecule has 2 heterocycles. The molecule has 0 saturated heterocycles. The van der Waals surface area contributed by atoms with Crippen molar-refractivity contribution in [1.82, 2.24) is 15.1 Å². The van der Waals surface area contributed by atoms with Crippen LogP contribution in [0.2, 0.25) is 0 Å². The Morgan fingerprint density at radius 2 is 2.22 bits per heavy atom. The summed E-state index contributed by atoms with van der Waals surface area (Å²) in [5.74, 6) is 0.939. The maximum Gasteiger partial charge on any atom is 0.126 e. The molecule has 0 fully saturated rings. The minimum atomic E-state index is 0.0812. The molecule has 1 unspecified atom stereocenters. The summed E-state index contributed by atoms with van der Waals surface area (Å²) in [4.78, 5) is 0. The molecule has 1 atom stereocenters. The van der Waals surface area contributed by atoms with Crippen molar-refractivity contribution in [3.05, 3.63) is 41.6 Å². The fraction of sp³-hybridized carbons (Fsp3) is 0.500. The lowest BCUT2D eigenvalue weighted by molar-refractivity contribution is 0.432. The molecule has 1 N–H and O–H groups in total. The van der Waals surface area contributed by atoms with Gasteiger partial charge in [-0.1, -0.05) is 13.8 Å². The molecule has 0 aliphatic rings. The molecule has 0 bridgehead atoms. The highest BCUT2D eigenvalue weighted by Crippen LogP contribution is 2.23. The van der Waals surface area contributed by atoms with Gasteiger partial charge in [-0.15, -0.1) is 0 Å². The number of nitrogens with one attached hydrogen (secondary N) is 1. The first kappa shape index (κ1) is 12.9. The highest BCUT2D eigenvalue weighted by atomic mass is 16.3. The summed E-state index contributed by atoms with van der Waals surface area (Å²) in [5, 5.41) is 8.05. The first-order valence-corrected chi connectivity index (χ1v) is 6.63. The van der Waals surface area contributed by atoms with E-state index in [2.05, 4.69) is 41.9 Å². The molecule has 18 heavy (non-hydrogen) atoms. The quantitative estimate of drug-likeness (QED) is 0.853. The lowest BCUT2D eigenvalue weighted by atomic mass is 10.1. The molecule has 0 aromatic carbocycles. The second-order valence-electron chi connectivity index (χ2n) is 4.24. The van der Waals surface area contributed by atoms with Gasteiger partial charge in [0.2, 0.25) is 0 Å². The fourth-order valence-corrected chi connectivity index (χ4v) is 2.16. The first-order chi connectivity index (χ1) is 8.80. The van der Waals surface area contributed by atoms with E-state index < -0.39 is 0 Å². The van der Waals surface area contributed by atoms with Crippen LogP contribution in [-0.2, 0) is 13.0 Å². The van der Waals surface area contributed by atoms with Gasteiger partial charge in [-0.05, 0) is 38.1 Å². The van der Waals surface area contributed by atoms with E-state index in [0.29, 0.717) is 0 Å². The highest BCUT2D eigenvalue weighted by Gasteiger charge is 2.20. The Kier molecular flexibility index (Phi) is 4.20. The van der Waals surface area contributed by atoms with E-state index >= 15 is 0 Å². The van der Waals surface area contributed by atoms with Crippen LogP contribution in [0.25, 0.3) is 0 Å². The van der Waals surface area contributed by atoms with Crippen LogP contribution in [0.5, 0.6) is 0 Å². The topological polar surface area (TPSA) is 43.0 Å². The lowest BCUT2D eigenvalue weighted by Crippen LogP contribution is -2.24. The Bertz CT molecular complexity index is 473. The molecule has 4 nitrogen and oxygen atoms in total. The van der Waals surface area contributed by atoms with Crippen LogP contribution in [0.15, 0.2) is 28.9 Å². The maximum absolute atomic E-state index is 5.54. The Morgan fingerprint density at radius 3 is 2.78 bits per heavy atom. The third-order valence-corrected chi connectivity index (χ3v) is 3.06. The summed E-state index contributed by atoms with van der Waals surface area (Å²) in [7, 11) is 0. The number of rotatable bonds is 6. The molecule has 2 aromatic heterocycles. The number of hydrogen-bond donors (Lipinski definition) is 1. The summed E-state index contributed by atoms with van der Waals surface area (Å²) in [5.41, 5.74) is 2.30. The zero-order valence-corrected chi connectivity index (χ0v) is 11.3. The molecule has 2 rings (SSSR count). The van der Waals surface area contributed by atoms with Crippen LogP contribution >= 0.6 is 0 Å². The van der Waals surface area contributed by atoms with Crippen molar-refractivity contribution in [3.8, 4) is 0 Å². The average Bonchev–Trinajstić information content (AvgIpc) is 3.04. The molecule has 98 valence electrons. The minimum Gasteiger partial charge on any atom is -0.467 e. The number of furan rings is 1. The lowest BCUT2D eigenvalue weighted by Gasteiger charge is -2.16. The maximum atomic E-state index is 5.54. The van der Waals surface area contributed by atoms with Crippen molar-refractivity contribution >= 4 is 0 Å². The molecule has 4 heteroatoms. The van der Waals surface area contributed by atoms with Gasteiger partial charge in [-0.3, -0.25) is 4.68 Å². The standard InChI is InChI=1S/C14H21N3O/c1-4-11-10-12(17(6-3)16-11)14(15-5-2)13-8-7-9-18-13/h7-10,14-15H,4-6H2,1-3H3. The fourth-order valence-electron chi connectivity index (χ4n) is 2.16. The average molecular weight is 247 g/mol. The van der Waals surface area contributed by atoms with Crippen LogP contribution in [0, 0.1) is 0 Å². The zero-order valence-electron chi connectivity index (χ0n) is 11.3. The third kappa shape index (κ3) is 2.48. The Labute approximate surface area is 108 Å². The SMILES string of the molecule is CCNC(c1ccco1)c1cc(CC)nn1CC. The molecule has 0 aliphatic carbocycles. The third-order valence-electron chi connectivity index (χ3n) is 3.06. The van der Waals surface area contributed by atoms with Gasteiger partial charge < -0.3 is 9.73 Å². The normalized spacial score (nSPS) is 12.8. The van der Waals surface area contributed by atoms with Gasteiger partial charge in [0.15, 0.2) is 0 Å². The summed E-state index contributed by atoms with van der Waals surface area (Å²) in [6, 6.07) is 6.18. The van der Waals surface area contributed by atoms with Crippen molar-refractivity contribution in [3.63, 3.8) is 0 Å². The van der Waals surface area contributed by atoms with Crippen LogP contribution in [0.3, 0.4) is 0 Å². The van der Waals surface area contributed by atoms with Gasteiger partial charge in [0.1, 0.15) is 11.8 Å². The molecule has 0 aliphatic heterocycles. The van der Waals surface area contributed by atoms with E-state index in [1.807, 2.05) is 12.1 Å². The van der Waals surface area contributed by atoms with Crippen LogP contribution in [-0.4, -0.2) is 16.3 Å². The van der Waals surface area contributed by atoms with E-state index in [1.165, 1.54) is 5.69 Å². The summed E-state index contributed by atoms with van der Waals surface area (Å²) in [6.07, 6.45) is 2.67. The van der Waals surface area contributed by atoms with Crippen LogP contribution in [0.1, 0.15) is 44.0 Å².